The van der Waals surface area contributed by atoms with Gasteiger partial charge in [-0.1, -0.05) is 298 Å². The van der Waals surface area contributed by atoms with E-state index in [0.29, 0.717) is 25.7 Å². The number of aliphatic hydroxyl groups is 1. The van der Waals surface area contributed by atoms with Crippen LogP contribution in [0, 0.1) is 11.8 Å². The SMILES string of the molecule is CCCCCCCCCCCC(=O)O[C@H](COC(=O)CCCCCCCCCC)COP(=O)(O)OC[C@H](O)COP(=O)(O)OC[C@@H](COC(=O)CCCCCCCCCCCCC(C)C)OC(=O)CCCCCCCCCCCCCCCCC(C)CC. The number of esters is 4. The molecular formula is C69H134O17P2. The number of phosphoric acid groups is 2. The van der Waals surface area contributed by atoms with Crippen molar-refractivity contribution in [3.8, 4) is 0 Å². The zero-order chi connectivity index (χ0) is 65.0. The first kappa shape index (κ1) is 86.1. The Morgan fingerprint density at radius 1 is 0.330 bits per heavy atom. The molecule has 17 nitrogen and oxygen atoms in total. The second kappa shape index (κ2) is 61.3. The lowest BCUT2D eigenvalue weighted by Crippen LogP contribution is -2.30. The van der Waals surface area contributed by atoms with Crippen LogP contribution in [0.15, 0.2) is 0 Å². The van der Waals surface area contributed by atoms with Crippen molar-refractivity contribution in [2.45, 2.75) is 368 Å². The summed E-state index contributed by atoms with van der Waals surface area (Å²) in [5.74, 6) is -0.525. The molecule has 19 heteroatoms. The minimum Gasteiger partial charge on any atom is -0.462 e. The Morgan fingerprint density at radius 3 is 0.864 bits per heavy atom. The zero-order valence-electron chi connectivity index (χ0n) is 57.0. The number of carbonyl (C=O) groups is 4. The van der Waals surface area contributed by atoms with Crippen LogP contribution < -0.4 is 0 Å². The van der Waals surface area contributed by atoms with Gasteiger partial charge in [0.25, 0.3) is 0 Å². The van der Waals surface area contributed by atoms with Crippen molar-refractivity contribution in [2.75, 3.05) is 39.6 Å². The zero-order valence-corrected chi connectivity index (χ0v) is 58.8. The van der Waals surface area contributed by atoms with Gasteiger partial charge >= 0.3 is 39.5 Å². The highest BCUT2D eigenvalue weighted by Crippen LogP contribution is 2.45. The highest BCUT2D eigenvalue weighted by Gasteiger charge is 2.30. The topological polar surface area (TPSA) is 237 Å². The van der Waals surface area contributed by atoms with Crippen LogP contribution in [0.25, 0.3) is 0 Å². The Morgan fingerprint density at radius 2 is 0.580 bits per heavy atom. The van der Waals surface area contributed by atoms with E-state index in [9.17, 15) is 43.2 Å². The first-order valence-corrected chi connectivity index (χ1v) is 39.0. The molecule has 0 aliphatic carbocycles. The van der Waals surface area contributed by atoms with Gasteiger partial charge in [0.1, 0.15) is 19.3 Å². The standard InChI is InChI=1S/C69H134O17P2/c1-7-10-12-14-16-26-35-41-47-53-68(73)85-64(57-79-66(71)51-45-39-33-17-15-13-11-8-2)59-83-87(75,76)81-55-63(70)56-82-88(77,78)84-60-65(58-80-67(72)52-46-40-34-29-25-24-27-31-37-43-49-61(4)5)86-69(74)54-48-42-36-30-23-21-19-18-20-22-28-32-38-44-50-62(6)9-3/h61-65,70H,7-60H2,1-6H3,(H,75,76)(H,77,78)/t62?,63-,64+,65+/m0/s1. The van der Waals surface area contributed by atoms with Crippen LogP contribution in [0.1, 0.15) is 350 Å². The number of phosphoric ester groups is 2. The van der Waals surface area contributed by atoms with Gasteiger partial charge in [-0.3, -0.25) is 37.3 Å². The Hall–Kier alpha value is -1.94. The Bertz CT molecular complexity index is 1720. The molecule has 522 valence electrons. The second-order valence-electron chi connectivity index (χ2n) is 25.6. The van der Waals surface area contributed by atoms with Crippen LogP contribution >= 0.6 is 15.6 Å². The van der Waals surface area contributed by atoms with Crippen LogP contribution in [0.4, 0.5) is 0 Å². The molecule has 0 radical (unpaired) electrons. The minimum atomic E-state index is -4.95. The molecule has 0 spiro atoms. The minimum absolute atomic E-state index is 0.105. The molecule has 0 fully saturated rings. The van der Waals surface area contributed by atoms with Crippen LogP contribution in [-0.2, 0) is 65.4 Å². The molecule has 3 unspecified atom stereocenters. The summed E-state index contributed by atoms with van der Waals surface area (Å²) in [7, 11) is -9.89. The van der Waals surface area contributed by atoms with Crippen molar-refractivity contribution in [1.29, 1.82) is 0 Å². The van der Waals surface area contributed by atoms with Crippen LogP contribution in [0.5, 0.6) is 0 Å². The maximum absolute atomic E-state index is 13.0. The van der Waals surface area contributed by atoms with E-state index in [4.69, 9.17) is 37.0 Å². The van der Waals surface area contributed by atoms with Crippen molar-refractivity contribution in [1.82, 2.24) is 0 Å². The summed E-state index contributed by atoms with van der Waals surface area (Å²) in [4.78, 5) is 72.3. The molecule has 6 atom stereocenters. The average Bonchev–Trinajstić information content (AvgIpc) is 3.51. The van der Waals surface area contributed by atoms with E-state index in [1.807, 2.05) is 0 Å². The predicted octanol–water partition coefficient (Wildman–Crippen LogP) is 19.6. The molecule has 0 saturated heterocycles. The Balaban J connectivity index is 5.20. The monoisotopic (exact) mass is 1300 g/mol. The molecule has 88 heavy (non-hydrogen) atoms. The van der Waals surface area contributed by atoms with Crippen molar-refractivity contribution in [3.05, 3.63) is 0 Å². The van der Waals surface area contributed by atoms with Crippen molar-refractivity contribution in [2.24, 2.45) is 11.8 Å². The Labute approximate surface area is 537 Å². The third-order valence-corrected chi connectivity index (χ3v) is 18.2. The molecule has 0 aromatic rings. The van der Waals surface area contributed by atoms with Gasteiger partial charge < -0.3 is 33.8 Å². The summed E-state index contributed by atoms with van der Waals surface area (Å²) in [6.07, 6.45) is 45.8. The molecule has 0 heterocycles. The quantitative estimate of drug-likeness (QED) is 0.0222. The molecule has 0 aliphatic heterocycles. The van der Waals surface area contributed by atoms with Crippen LogP contribution in [0.3, 0.4) is 0 Å². The van der Waals surface area contributed by atoms with E-state index in [-0.39, 0.29) is 25.7 Å². The lowest BCUT2D eigenvalue weighted by molar-refractivity contribution is -0.161. The fourth-order valence-electron chi connectivity index (χ4n) is 10.4. The van der Waals surface area contributed by atoms with Gasteiger partial charge in [-0.15, -0.1) is 0 Å². The summed E-state index contributed by atoms with van der Waals surface area (Å²) in [6.45, 7) is 9.54. The van der Waals surface area contributed by atoms with Gasteiger partial charge in [0.15, 0.2) is 12.2 Å². The molecule has 0 aromatic carbocycles. The van der Waals surface area contributed by atoms with E-state index in [1.165, 1.54) is 161 Å². The predicted molar refractivity (Wildman–Crippen MR) is 354 cm³/mol. The highest BCUT2D eigenvalue weighted by atomic mass is 31.2. The van der Waals surface area contributed by atoms with Gasteiger partial charge in [-0.05, 0) is 37.5 Å². The van der Waals surface area contributed by atoms with Crippen molar-refractivity contribution in [3.63, 3.8) is 0 Å². The smallest absolute Gasteiger partial charge is 0.462 e. The average molecular weight is 1300 g/mol. The number of unbranched alkanes of at least 4 members (excludes halogenated alkanes) is 37. The molecule has 3 N–H and O–H groups in total. The lowest BCUT2D eigenvalue weighted by atomic mass is 9.99. The second-order valence-corrected chi connectivity index (χ2v) is 28.5. The molecule has 0 saturated carbocycles. The number of ether oxygens (including phenoxy) is 4. The van der Waals surface area contributed by atoms with Crippen LogP contribution in [0.2, 0.25) is 0 Å². The van der Waals surface area contributed by atoms with E-state index in [0.717, 1.165) is 108 Å². The van der Waals surface area contributed by atoms with E-state index in [1.54, 1.807) is 0 Å². The third-order valence-electron chi connectivity index (χ3n) is 16.3. The number of rotatable bonds is 68. The third kappa shape index (κ3) is 61.6. The van der Waals surface area contributed by atoms with Crippen molar-refractivity contribution < 1.29 is 80.2 Å². The highest BCUT2D eigenvalue weighted by molar-refractivity contribution is 7.47. The molecule has 0 aromatic heterocycles. The van der Waals surface area contributed by atoms with E-state index < -0.39 is 97.5 Å². The summed E-state index contributed by atoms with van der Waals surface area (Å²) in [5, 5.41) is 10.6. The number of aliphatic hydroxyl groups excluding tert-OH is 1. The number of hydrogen-bond acceptors (Lipinski definition) is 15. The van der Waals surface area contributed by atoms with E-state index in [2.05, 4.69) is 41.5 Å². The van der Waals surface area contributed by atoms with Gasteiger partial charge in [-0.25, -0.2) is 9.13 Å². The largest absolute Gasteiger partial charge is 0.472 e. The summed E-state index contributed by atoms with van der Waals surface area (Å²) in [5.41, 5.74) is 0. The maximum Gasteiger partial charge on any atom is 0.472 e. The normalized spacial score (nSPS) is 14.5. The number of hydrogen-bond donors (Lipinski definition) is 3. The van der Waals surface area contributed by atoms with Gasteiger partial charge in [0, 0.05) is 25.7 Å². The molecule has 0 rings (SSSR count). The first-order valence-electron chi connectivity index (χ1n) is 36.0. The molecule has 0 amide bonds. The van der Waals surface area contributed by atoms with Gasteiger partial charge in [-0.2, -0.15) is 0 Å². The molecule has 0 aliphatic rings. The van der Waals surface area contributed by atoms with E-state index >= 15 is 0 Å². The van der Waals surface area contributed by atoms with Gasteiger partial charge in [0.05, 0.1) is 26.4 Å². The fraction of sp³-hybridized carbons (Fsp3) is 0.942. The fourth-order valence-corrected chi connectivity index (χ4v) is 12.0. The summed E-state index contributed by atoms with van der Waals surface area (Å²) >= 11 is 0. The lowest BCUT2D eigenvalue weighted by Gasteiger charge is -2.21. The maximum atomic E-state index is 13.0. The first-order chi connectivity index (χ1) is 42.4. The molecular weight excluding hydrogens is 1160 g/mol. The Kier molecular flexibility index (Phi) is 59.9. The summed E-state index contributed by atoms with van der Waals surface area (Å²) < 4.78 is 68.1. The molecule has 0 bridgehead atoms. The number of carbonyl (C=O) groups excluding carboxylic acids is 4. The van der Waals surface area contributed by atoms with Crippen LogP contribution in [-0.4, -0.2) is 96.7 Å². The van der Waals surface area contributed by atoms with Crippen molar-refractivity contribution >= 4 is 39.5 Å². The summed E-state index contributed by atoms with van der Waals surface area (Å²) in [6, 6.07) is 0. The van der Waals surface area contributed by atoms with Gasteiger partial charge in [0.2, 0.25) is 0 Å².